The SMILES string of the molecule is C=CCNc1ccc(S(=O)(=O)N2CCC(Cc3ccccc3)CC2)cc1. The van der Waals surface area contributed by atoms with E-state index in [1.165, 1.54) is 5.56 Å². The van der Waals surface area contributed by atoms with Crippen molar-refractivity contribution < 1.29 is 8.42 Å². The Labute approximate surface area is 156 Å². The quantitative estimate of drug-likeness (QED) is 0.752. The van der Waals surface area contributed by atoms with Crippen LogP contribution in [0.5, 0.6) is 0 Å². The highest BCUT2D eigenvalue weighted by atomic mass is 32.2. The van der Waals surface area contributed by atoms with Crippen LogP contribution in [-0.2, 0) is 16.4 Å². The second kappa shape index (κ2) is 8.52. The summed E-state index contributed by atoms with van der Waals surface area (Å²) in [5, 5.41) is 3.15. The molecule has 5 heteroatoms. The zero-order valence-electron chi connectivity index (χ0n) is 15.0. The Kier molecular flexibility index (Phi) is 6.12. The molecule has 0 spiro atoms. The summed E-state index contributed by atoms with van der Waals surface area (Å²) in [6, 6.07) is 17.4. The molecule has 0 aliphatic carbocycles. The standard InChI is InChI=1S/C21H26N2O2S/c1-2-14-22-20-8-10-21(11-9-20)26(24,25)23-15-12-19(13-16-23)17-18-6-4-3-5-7-18/h2-11,19,22H,1,12-17H2. The number of hydrogen-bond donors (Lipinski definition) is 1. The topological polar surface area (TPSA) is 49.4 Å². The van der Waals surface area contributed by atoms with E-state index in [4.69, 9.17) is 0 Å². The van der Waals surface area contributed by atoms with Gasteiger partial charge in [0, 0.05) is 25.3 Å². The Morgan fingerprint density at radius 3 is 2.31 bits per heavy atom. The van der Waals surface area contributed by atoms with Crippen LogP contribution in [0.1, 0.15) is 18.4 Å². The van der Waals surface area contributed by atoms with Crippen LogP contribution in [0.15, 0.2) is 72.1 Å². The number of anilines is 1. The largest absolute Gasteiger partial charge is 0.382 e. The van der Waals surface area contributed by atoms with E-state index in [1.54, 1.807) is 34.6 Å². The van der Waals surface area contributed by atoms with Gasteiger partial charge in [0.2, 0.25) is 10.0 Å². The molecule has 1 fully saturated rings. The normalized spacial score (nSPS) is 16.3. The molecule has 2 aromatic rings. The van der Waals surface area contributed by atoms with Crippen molar-refractivity contribution in [3.05, 3.63) is 72.8 Å². The zero-order chi connectivity index (χ0) is 18.4. The van der Waals surface area contributed by atoms with E-state index in [9.17, 15) is 8.42 Å². The molecular weight excluding hydrogens is 344 g/mol. The van der Waals surface area contributed by atoms with E-state index < -0.39 is 10.0 Å². The average Bonchev–Trinajstić information content (AvgIpc) is 2.68. The summed E-state index contributed by atoms with van der Waals surface area (Å²) in [6.45, 7) is 5.50. The number of piperidine rings is 1. The highest BCUT2D eigenvalue weighted by Gasteiger charge is 2.29. The van der Waals surface area contributed by atoms with E-state index in [1.807, 2.05) is 6.07 Å². The third-order valence-electron chi connectivity index (χ3n) is 4.88. The first-order valence-corrected chi connectivity index (χ1v) is 10.5. The maximum absolute atomic E-state index is 12.9. The minimum Gasteiger partial charge on any atom is -0.382 e. The Morgan fingerprint density at radius 1 is 1.04 bits per heavy atom. The lowest BCUT2D eigenvalue weighted by molar-refractivity contribution is 0.273. The van der Waals surface area contributed by atoms with Crippen molar-refractivity contribution in [1.29, 1.82) is 0 Å². The van der Waals surface area contributed by atoms with Gasteiger partial charge in [0.25, 0.3) is 0 Å². The number of nitrogens with one attached hydrogen (secondary N) is 1. The smallest absolute Gasteiger partial charge is 0.243 e. The molecule has 1 saturated heterocycles. The van der Waals surface area contributed by atoms with Gasteiger partial charge in [-0.3, -0.25) is 0 Å². The van der Waals surface area contributed by atoms with Crippen LogP contribution in [0.4, 0.5) is 5.69 Å². The van der Waals surface area contributed by atoms with Crippen LogP contribution in [-0.4, -0.2) is 32.4 Å². The lowest BCUT2D eigenvalue weighted by Gasteiger charge is -2.31. The highest BCUT2D eigenvalue weighted by molar-refractivity contribution is 7.89. The molecule has 0 unspecified atom stereocenters. The van der Waals surface area contributed by atoms with Gasteiger partial charge in [-0.15, -0.1) is 6.58 Å². The Balaban J connectivity index is 1.59. The molecule has 1 aliphatic heterocycles. The van der Waals surface area contributed by atoms with Gasteiger partial charge in [-0.1, -0.05) is 36.4 Å². The maximum atomic E-state index is 12.9. The van der Waals surface area contributed by atoms with Crippen molar-refractivity contribution in [3.8, 4) is 0 Å². The van der Waals surface area contributed by atoms with Gasteiger partial charge >= 0.3 is 0 Å². The van der Waals surface area contributed by atoms with Gasteiger partial charge < -0.3 is 5.32 Å². The van der Waals surface area contributed by atoms with Gasteiger partial charge in [-0.05, 0) is 55.0 Å². The second-order valence-electron chi connectivity index (χ2n) is 6.73. The number of benzene rings is 2. The average molecular weight is 371 g/mol. The third kappa shape index (κ3) is 4.54. The van der Waals surface area contributed by atoms with Crippen LogP contribution in [0.25, 0.3) is 0 Å². The predicted molar refractivity (Wildman–Crippen MR) is 107 cm³/mol. The summed E-state index contributed by atoms with van der Waals surface area (Å²) in [4.78, 5) is 0.364. The molecule has 0 atom stereocenters. The summed E-state index contributed by atoms with van der Waals surface area (Å²) in [6.07, 6.45) is 4.61. The highest BCUT2D eigenvalue weighted by Crippen LogP contribution is 2.26. The Morgan fingerprint density at radius 2 is 1.69 bits per heavy atom. The van der Waals surface area contributed by atoms with Crippen LogP contribution in [0.2, 0.25) is 0 Å². The number of rotatable bonds is 7. The van der Waals surface area contributed by atoms with Crippen molar-refractivity contribution in [2.45, 2.75) is 24.2 Å². The molecule has 1 aliphatic rings. The van der Waals surface area contributed by atoms with Crippen molar-refractivity contribution in [2.24, 2.45) is 5.92 Å². The summed E-state index contributed by atoms with van der Waals surface area (Å²) in [5.74, 6) is 0.550. The number of hydrogen-bond acceptors (Lipinski definition) is 3. The minimum atomic E-state index is -3.41. The van der Waals surface area contributed by atoms with E-state index in [0.717, 1.165) is 24.9 Å². The van der Waals surface area contributed by atoms with Gasteiger partial charge in [0.05, 0.1) is 4.90 Å². The molecule has 2 aromatic carbocycles. The molecule has 0 radical (unpaired) electrons. The third-order valence-corrected chi connectivity index (χ3v) is 6.80. The second-order valence-corrected chi connectivity index (χ2v) is 8.67. The fourth-order valence-corrected chi connectivity index (χ4v) is 4.85. The number of nitrogens with zero attached hydrogens (tertiary/aromatic N) is 1. The minimum absolute atomic E-state index is 0.364. The van der Waals surface area contributed by atoms with E-state index in [2.05, 4.69) is 36.2 Å². The first-order valence-electron chi connectivity index (χ1n) is 9.08. The molecule has 1 N–H and O–H groups in total. The lowest BCUT2D eigenvalue weighted by Crippen LogP contribution is -2.38. The van der Waals surface area contributed by atoms with Crippen molar-refractivity contribution in [2.75, 3.05) is 25.0 Å². The molecule has 4 nitrogen and oxygen atoms in total. The van der Waals surface area contributed by atoms with Crippen molar-refractivity contribution >= 4 is 15.7 Å². The van der Waals surface area contributed by atoms with E-state index in [-0.39, 0.29) is 0 Å². The molecule has 1 heterocycles. The summed E-state index contributed by atoms with van der Waals surface area (Å²) >= 11 is 0. The van der Waals surface area contributed by atoms with Gasteiger partial charge in [0.1, 0.15) is 0 Å². The molecule has 3 rings (SSSR count). The molecule has 0 saturated carbocycles. The molecule has 26 heavy (non-hydrogen) atoms. The van der Waals surface area contributed by atoms with Crippen molar-refractivity contribution in [1.82, 2.24) is 4.31 Å². The molecule has 0 amide bonds. The first-order chi connectivity index (χ1) is 12.6. The first kappa shape index (κ1) is 18.7. The molecule has 138 valence electrons. The fraction of sp³-hybridized carbons (Fsp3) is 0.333. The van der Waals surface area contributed by atoms with Crippen LogP contribution >= 0.6 is 0 Å². The maximum Gasteiger partial charge on any atom is 0.243 e. The number of sulfonamides is 1. The predicted octanol–water partition coefficient (Wildman–Crippen LogP) is 3.93. The Bertz CT molecular complexity index is 809. The van der Waals surface area contributed by atoms with E-state index in [0.29, 0.717) is 30.4 Å². The van der Waals surface area contributed by atoms with Gasteiger partial charge in [0.15, 0.2) is 0 Å². The monoisotopic (exact) mass is 370 g/mol. The zero-order valence-corrected chi connectivity index (χ0v) is 15.8. The molecule has 0 aromatic heterocycles. The molecular formula is C21H26N2O2S. The van der Waals surface area contributed by atoms with Crippen LogP contribution < -0.4 is 5.32 Å². The van der Waals surface area contributed by atoms with E-state index >= 15 is 0 Å². The van der Waals surface area contributed by atoms with Gasteiger partial charge in [-0.25, -0.2) is 8.42 Å². The Hall–Kier alpha value is -2.11. The summed E-state index contributed by atoms with van der Waals surface area (Å²) in [7, 11) is -3.41. The fourth-order valence-electron chi connectivity index (χ4n) is 3.39. The van der Waals surface area contributed by atoms with Crippen LogP contribution in [0, 0.1) is 5.92 Å². The summed E-state index contributed by atoms with van der Waals surface area (Å²) < 4.78 is 27.4. The van der Waals surface area contributed by atoms with Crippen molar-refractivity contribution in [3.63, 3.8) is 0 Å². The molecule has 0 bridgehead atoms. The van der Waals surface area contributed by atoms with Crippen LogP contribution in [0.3, 0.4) is 0 Å². The summed E-state index contributed by atoms with van der Waals surface area (Å²) in [5.41, 5.74) is 2.22. The van der Waals surface area contributed by atoms with Gasteiger partial charge in [-0.2, -0.15) is 4.31 Å². The lowest BCUT2D eigenvalue weighted by atomic mass is 9.91.